The van der Waals surface area contributed by atoms with Crippen molar-refractivity contribution < 1.29 is 19.0 Å². The predicted molar refractivity (Wildman–Crippen MR) is 137 cm³/mol. The van der Waals surface area contributed by atoms with Crippen molar-refractivity contribution in [2.75, 3.05) is 26.4 Å². The van der Waals surface area contributed by atoms with Crippen LogP contribution in [0.4, 0.5) is 4.39 Å². The second kappa shape index (κ2) is 11.3. The molecule has 184 valence electrons. The lowest BCUT2D eigenvalue weighted by atomic mass is 9.97. The van der Waals surface area contributed by atoms with E-state index in [-0.39, 0.29) is 5.75 Å². The molecular weight excluding hydrogens is 455 g/mol. The molecule has 0 fully saturated rings. The first-order chi connectivity index (χ1) is 17.7. The van der Waals surface area contributed by atoms with E-state index >= 15 is 0 Å². The van der Waals surface area contributed by atoms with Crippen LogP contribution in [0.25, 0.3) is 11.1 Å². The summed E-state index contributed by atoms with van der Waals surface area (Å²) < 4.78 is 25.9. The molecule has 0 atom stereocenters. The van der Waals surface area contributed by atoms with E-state index in [0.29, 0.717) is 45.0 Å². The summed E-state index contributed by atoms with van der Waals surface area (Å²) in [5.41, 5.74) is 6.24. The average Bonchev–Trinajstić information content (AvgIpc) is 2.89. The number of aromatic hydroxyl groups is 1. The molecule has 5 nitrogen and oxygen atoms in total. The topological polar surface area (TPSA) is 54.8 Å². The van der Waals surface area contributed by atoms with Gasteiger partial charge in [0, 0.05) is 44.0 Å². The van der Waals surface area contributed by atoms with Crippen molar-refractivity contribution in [2.45, 2.75) is 19.5 Å². The maximum Gasteiger partial charge on any atom is 0.165 e. The molecule has 0 aliphatic carbocycles. The van der Waals surface area contributed by atoms with Crippen molar-refractivity contribution in [2.24, 2.45) is 0 Å². The summed E-state index contributed by atoms with van der Waals surface area (Å²) in [4.78, 5) is 6.29. The molecule has 3 aromatic carbocycles. The predicted octanol–water partition coefficient (Wildman–Crippen LogP) is 5.60. The van der Waals surface area contributed by atoms with Crippen molar-refractivity contribution >= 4 is 0 Å². The Bertz CT molecular complexity index is 1310. The van der Waals surface area contributed by atoms with Gasteiger partial charge in [-0.1, -0.05) is 42.5 Å². The quantitative estimate of drug-likeness (QED) is 0.411. The number of nitrogens with zero attached hydrogens (tertiary/aromatic N) is 2. The van der Waals surface area contributed by atoms with Crippen molar-refractivity contribution in [1.29, 1.82) is 0 Å². The molecule has 0 unspecified atom stereocenters. The number of phenols is 1. The van der Waals surface area contributed by atoms with Crippen molar-refractivity contribution in [3.8, 4) is 22.6 Å². The summed E-state index contributed by atoms with van der Waals surface area (Å²) in [6.07, 6.45) is 4.33. The van der Waals surface area contributed by atoms with Crippen molar-refractivity contribution in [3.05, 3.63) is 113 Å². The van der Waals surface area contributed by atoms with Gasteiger partial charge in [-0.2, -0.15) is 0 Å². The number of para-hydroxylation sites is 1. The Morgan fingerprint density at radius 3 is 2.58 bits per heavy atom. The fraction of sp³-hybridized carbons (Fsp3) is 0.233. The molecule has 6 heteroatoms. The third-order valence-corrected chi connectivity index (χ3v) is 6.37. The number of aromatic nitrogens is 1. The minimum Gasteiger partial charge on any atom is -0.505 e. The van der Waals surface area contributed by atoms with Crippen LogP contribution in [0.3, 0.4) is 0 Å². The molecular formula is C30H29FN2O3. The Hall–Kier alpha value is -3.74. The van der Waals surface area contributed by atoms with Gasteiger partial charge in [0.1, 0.15) is 12.4 Å². The van der Waals surface area contributed by atoms with E-state index in [4.69, 9.17) is 9.47 Å². The lowest BCUT2D eigenvalue weighted by Gasteiger charge is -2.24. The highest BCUT2D eigenvalue weighted by molar-refractivity contribution is 5.65. The monoisotopic (exact) mass is 484 g/mol. The van der Waals surface area contributed by atoms with Crippen LogP contribution in [0.15, 0.2) is 85.2 Å². The van der Waals surface area contributed by atoms with Crippen molar-refractivity contribution in [1.82, 2.24) is 9.88 Å². The Morgan fingerprint density at radius 1 is 0.861 bits per heavy atom. The number of rotatable bonds is 3. The SMILES string of the molecule is Oc1c(F)cccc1CN1CCOCCOc2ccc(-c3ccncc3)cc2Cc2cccc(c2)C1. The largest absolute Gasteiger partial charge is 0.505 e. The van der Waals surface area contributed by atoms with Crippen LogP contribution in [0.5, 0.6) is 11.5 Å². The van der Waals surface area contributed by atoms with E-state index in [1.807, 2.05) is 18.2 Å². The van der Waals surface area contributed by atoms with E-state index in [1.54, 1.807) is 24.5 Å². The lowest BCUT2D eigenvalue weighted by Crippen LogP contribution is -2.27. The van der Waals surface area contributed by atoms with E-state index in [2.05, 4.69) is 46.3 Å². The number of hydrogen-bond donors (Lipinski definition) is 1. The second-order valence-electron chi connectivity index (χ2n) is 8.97. The van der Waals surface area contributed by atoms with Gasteiger partial charge in [0.05, 0.1) is 13.2 Å². The lowest BCUT2D eigenvalue weighted by molar-refractivity contribution is 0.0755. The van der Waals surface area contributed by atoms with Gasteiger partial charge < -0.3 is 14.6 Å². The van der Waals surface area contributed by atoms with E-state index in [1.165, 1.54) is 11.6 Å². The standard InChI is InChI=1S/C30H29FN2O3/c31-28-6-2-5-26(30(28)34)21-33-13-14-35-15-16-36-29-8-7-25(24-9-11-32-12-10-24)19-27(29)18-22-3-1-4-23(17-22)20-33/h1-12,17,19,34H,13-16,18,20-21H2. The summed E-state index contributed by atoms with van der Waals surface area (Å²) in [5.74, 6) is -0.0292. The molecule has 2 bridgehead atoms. The molecule has 36 heavy (non-hydrogen) atoms. The van der Waals surface area contributed by atoms with Crippen LogP contribution in [0.2, 0.25) is 0 Å². The summed E-state index contributed by atoms with van der Waals surface area (Å²) in [7, 11) is 0. The summed E-state index contributed by atoms with van der Waals surface area (Å²) in [6, 6.07) is 23.5. The first kappa shape index (κ1) is 24.0. The number of halogens is 1. The normalized spacial score (nSPS) is 14.9. The molecule has 0 saturated carbocycles. The van der Waals surface area contributed by atoms with E-state index in [0.717, 1.165) is 34.4 Å². The van der Waals surface area contributed by atoms with Gasteiger partial charge >= 0.3 is 0 Å². The molecule has 5 rings (SSSR count). The maximum atomic E-state index is 13.9. The molecule has 0 radical (unpaired) electrons. The van der Waals surface area contributed by atoms with Gasteiger partial charge in [0.2, 0.25) is 0 Å². The summed E-state index contributed by atoms with van der Waals surface area (Å²) in [6.45, 7) is 3.15. The minimum absolute atomic E-state index is 0.290. The van der Waals surface area contributed by atoms with Crippen LogP contribution in [-0.4, -0.2) is 41.4 Å². The Balaban J connectivity index is 1.43. The van der Waals surface area contributed by atoms with Crippen LogP contribution in [0, 0.1) is 5.82 Å². The molecule has 0 spiro atoms. The Kier molecular flexibility index (Phi) is 7.55. The fourth-order valence-electron chi connectivity index (χ4n) is 4.55. The maximum absolute atomic E-state index is 13.9. The first-order valence-corrected chi connectivity index (χ1v) is 12.2. The number of fused-ring (bicyclic) bond motifs is 3. The first-order valence-electron chi connectivity index (χ1n) is 12.2. The number of hydrogen-bond acceptors (Lipinski definition) is 5. The molecule has 0 amide bonds. The zero-order valence-electron chi connectivity index (χ0n) is 20.1. The van der Waals surface area contributed by atoms with Gasteiger partial charge in [-0.05, 0) is 58.1 Å². The average molecular weight is 485 g/mol. The number of ether oxygens (including phenoxy) is 2. The van der Waals surface area contributed by atoms with Gasteiger partial charge in [0.25, 0.3) is 0 Å². The molecule has 4 aromatic rings. The smallest absolute Gasteiger partial charge is 0.165 e. The number of benzene rings is 3. The molecule has 2 heterocycles. The second-order valence-corrected chi connectivity index (χ2v) is 8.97. The summed E-state index contributed by atoms with van der Waals surface area (Å²) in [5, 5.41) is 10.2. The number of phenolic OH excluding ortho intramolecular Hbond substituents is 1. The van der Waals surface area contributed by atoms with Crippen LogP contribution >= 0.6 is 0 Å². The third-order valence-electron chi connectivity index (χ3n) is 6.37. The van der Waals surface area contributed by atoms with Crippen LogP contribution in [-0.2, 0) is 24.2 Å². The van der Waals surface area contributed by atoms with Gasteiger partial charge in [-0.25, -0.2) is 4.39 Å². The highest BCUT2D eigenvalue weighted by Gasteiger charge is 2.14. The van der Waals surface area contributed by atoms with Gasteiger partial charge in [0.15, 0.2) is 11.6 Å². The highest BCUT2D eigenvalue weighted by atomic mass is 19.1. The fourth-order valence-corrected chi connectivity index (χ4v) is 4.55. The molecule has 1 N–H and O–H groups in total. The molecule has 1 aromatic heterocycles. The van der Waals surface area contributed by atoms with Crippen LogP contribution < -0.4 is 4.74 Å². The zero-order valence-corrected chi connectivity index (χ0v) is 20.1. The molecule has 1 aliphatic rings. The Morgan fingerprint density at radius 2 is 1.69 bits per heavy atom. The zero-order chi connectivity index (χ0) is 24.7. The van der Waals surface area contributed by atoms with Gasteiger partial charge in [-0.3, -0.25) is 9.88 Å². The van der Waals surface area contributed by atoms with Crippen LogP contribution in [0.1, 0.15) is 22.3 Å². The van der Waals surface area contributed by atoms with Crippen molar-refractivity contribution in [3.63, 3.8) is 0 Å². The van der Waals surface area contributed by atoms with E-state index < -0.39 is 5.82 Å². The number of pyridine rings is 1. The highest BCUT2D eigenvalue weighted by Crippen LogP contribution is 2.29. The van der Waals surface area contributed by atoms with Gasteiger partial charge in [-0.15, -0.1) is 0 Å². The molecule has 0 saturated heterocycles. The Labute approximate surface area is 210 Å². The summed E-state index contributed by atoms with van der Waals surface area (Å²) >= 11 is 0. The molecule has 1 aliphatic heterocycles. The minimum atomic E-state index is -0.602. The van der Waals surface area contributed by atoms with E-state index in [9.17, 15) is 9.50 Å². The third kappa shape index (κ3) is 5.90.